The maximum atomic E-state index is 13.3. The molecule has 16 heavy (non-hydrogen) atoms. The molecule has 0 radical (unpaired) electrons. The molecule has 0 spiro atoms. The lowest BCUT2D eigenvalue weighted by Gasteiger charge is -2.02. The van der Waals surface area contributed by atoms with Crippen LogP contribution in [0.4, 0.5) is 10.3 Å². The van der Waals surface area contributed by atoms with Crippen molar-refractivity contribution in [3.63, 3.8) is 0 Å². The second kappa shape index (κ2) is 3.97. The number of H-pyrrole nitrogens is 1. The first-order valence-corrected chi connectivity index (χ1v) is 4.32. The van der Waals surface area contributed by atoms with E-state index < -0.39 is 11.7 Å². The van der Waals surface area contributed by atoms with Gasteiger partial charge in [0.1, 0.15) is 17.9 Å². The maximum absolute atomic E-state index is 13.3. The molecule has 0 aliphatic heterocycles. The van der Waals surface area contributed by atoms with Gasteiger partial charge in [-0.15, -0.1) is 0 Å². The van der Waals surface area contributed by atoms with E-state index in [-0.39, 0.29) is 17.3 Å². The Bertz CT molecular complexity index is 512. The lowest BCUT2D eigenvalue weighted by atomic mass is 10.2. The van der Waals surface area contributed by atoms with E-state index in [0.717, 1.165) is 6.07 Å². The van der Waals surface area contributed by atoms with Gasteiger partial charge in [0.15, 0.2) is 0 Å². The Morgan fingerprint density at radius 1 is 1.50 bits per heavy atom. The number of aromatic nitrogens is 3. The molecule has 0 fully saturated rings. The first-order valence-electron chi connectivity index (χ1n) is 4.32. The number of halogens is 1. The van der Waals surface area contributed by atoms with Crippen molar-refractivity contribution < 1.29 is 14.3 Å². The maximum Gasteiger partial charge on any atom is 0.260 e. The standard InChI is InChI=1S/C9H7FN4O2/c10-7-3-5(15)1-2-6(7)8(16)13-9-11-4-12-14-9/h1-4,15H,(H2,11,12,13,14,16). The number of nitrogens with zero attached hydrogens (tertiary/aromatic N) is 2. The van der Waals surface area contributed by atoms with Gasteiger partial charge < -0.3 is 5.11 Å². The van der Waals surface area contributed by atoms with Gasteiger partial charge in [-0.2, -0.15) is 10.1 Å². The summed E-state index contributed by atoms with van der Waals surface area (Å²) >= 11 is 0. The number of hydrogen-bond acceptors (Lipinski definition) is 4. The Morgan fingerprint density at radius 3 is 2.94 bits per heavy atom. The van der Waals surface area contributed by atoms with Crippen molar-refractivity contribution in [2.24, 2.45) is 0 Å². The van der Waals surface area contributed by atoms with Gasteiger partial charge >= 0.3 is 0 Å². The molecule has 1 amide bonds. The number of anilines is 1. The third kappa shape index (κ3) is 1.97. The molecule has 7 heteroatoms. The Hall–Kier alpha value is -2.44. The summed E-state index contributed by atoms with van der Waals surface area (Å²) in [4.78, 5) is 15.2. The summed E-state index contributed by atoms with van der Waals surface area (Å²) in [7, 11) is 0. The quantitative estimate of drug-likeness (QED) is 0.704. The molecular formula is C9H7FN4O2. The molecule has 0 aliphatic carbocycles. The van der Waals surface area contributed by atoms with Gasteiger partial charge in [-0.25, -0.2) is 9.49 Å². The minimum absolute atomic E-state index is 0.123. The second-order valence-electron chi connectivity index (χ2n) is 2.95. The van der Waals surface area contributed by atoms with E-state index in [1.807, 2.05) is 0 Å². The predicted molar refractivity (Wildman–Crippen MR) is 52.4 cm³/mol. The molecule has 0 unspecified atom stereocenters. The van der Waals surface area contributed by atoms with E-state index in [1.165, 1.54) is 18.5 Å². The van der Waals surface area contributed by atoms with Gasteiger partial charge in [-0.3, -0.25) is 10.1 Å². The molecule has 6 nitrogen and oxygen atoms in total. The number of carbonyl (C=O) groups excluding carboxylic acids is 1. The van der Waals surface area contributed by atoms with Gasteiger partial charge in [-0.1, -0.05) is 0 Å². The third-order valence-electron chi connectivity index (χ3n) is 1.84. The number of aromatic hydroxyl groups is 1. The molecule has 82 valence electrons. The molecule has 1 heterocycles. The summed E-state index contributed by atoms with van der Waals surface area (Å²) in [5, 5.41) is 17.2. The number of aromatic amines is 1. The zero-order chi connectivity index (χ0) is 11.5. The molecule has 0 aliphatic rings. The van der Waals surface area contributed by atoms with Crippen molar-refractivity contribution >= 4 is 11.9 Å². The van der Waals surface area contributed by atoms with Gasteiger partial charge in [0.2, 0.25) is 5.95 Å². The molecular weight excluding hydrogens is 215 g/mol. The van der Waals surface area contributed by atoms with Crippen molar-refractivity contribution in [3.8, 4) is 5.75 Å². The molecule has 3 N–H and O–H groups in total. The van der Waals surface area contributed by atoms with Gasteiger partial charge in [-0.05, 0) is 12.1 Å². The monoisotopic (exact) mass is 222 g/mol. The summed E-state index contributed by atoms with van der Waals surface area (Å²) in [5.41, 5.74) is -0.186. The number of carbonyl (C=O) groups is 1. The zero-order valence-electron chi connectivity index (χ0n) is 7.94. The average molecular weight is 222 g/mol. The Kier molecular flexibility index (Phi) is 2.50. The van der Waals surface area contributed by atoms with Crippen LogP contribution in [0, 0.1) is 5.82 Å². The van der Waals surface area contributed by atoms with Crippen LogP contribution < -0.4 is 5.32 Å². The highest BCUT2D eigenvalue weighted by Crippen LogP contribution is 2.15. The summed E-state index contributed by atoms with van der Waals surface area (Å²) in [6.07, 6.45) is 1.21. The number of benzene rings is 1. The fraction of sp³-hybridized carbons (Fsp3) is 0. The molecule has 2 aromatic rings. The molecule has 0 saturated heterocycles. The molecule has 1 aromatic carbocycles. The van der Waals surface area contributed by atoms with E-state index in [9.17, 15) is 9.18 Å². The molecule has 2 rings (SSSR count). The Labute approximate surface area is 89.1 Å². The number of phenolic OH excluding ortho intramolecular Hbond substituents is 1. The molecule has 0 saturated carbocycles. The van der Waals surface area contributed by atoms with Crippen molar-refractivity contribution in [2.45, 2.75) is 0 Å². The van der Waals surface area contributed by atoms with Gasteiger partial charge in [0.25, 0.3) is 5.91 Å². The molecule has 1 aromatic heterocycles. The largest absolute Gasteiger partial charge is 0.508 e. The minimum atomic E-state index is -0.808. The summed E-state index contributed by atoms with van der Waals surface area (Å²) in [6.45, 7) is 0. The SMILES string of the molecule is O=C(Nc1ncn[nH]1)c1ccc(O)cc1F. The van der Waals surface area contributed by atoms with Gasteiger partial charge in [0, 0.05) is 6.07 Å². The van der Waals surface area contributed by atoms with Crippen LogP contribution in [0.3, 0.4) is 0 Å². The second-order valence-corrected chi connectivity index (χ2v) is 2.95. The first kappa shape index (κ1) is 10.1. The first-order chi connectivity index (χ1) is 7.66. The van der Waals surface area contributed by atoms with Crippen LogP contribution in [-0.2, 0) is 0 Å². The van der Waals surface area contributed by atoms with Crippen LogP contribution in [0.2, 0.25) is 0 Å². The fourth-order valence-corrected chi connectivity index (χ4v) is 1.13. The highest BCUT2D eigenvalue weighted by Gasteiger charge is 2.13. The highest BCUT2D eigenvalue weighted by atomic mass is 19.1. The number of amides is 1. The minimum Gasteiger partial charge on any atom is -0.508 e. The van der Waals surface area contributed by atoms with Crippen LogP contribution in [0.5, 0.6) is 5.75 Å². The summed E-state index contributed by atoms with van der Waals surface area (Å²) < 4.78 is 13.3. The smallest absolute Gasteiger partial charge is 0.260 e. The highest BCUT2D eigenvalue weighted by molar-refractivity contribution is 6.03. The van der Waals surface area contributed by atoms with E-state index in [2.05, 4.69) is 20.5 Å². The van der Waals surface area contributed by atoms with Gasteiger partial charge in [0.05, 0.1) is 5.56 Å². The van der Waals surface area contributed by atoms with Crippen LogP contribution >= 0.6 is 0 Å². The van der Waals surface area contributed by atoms with Crippen LogP contribution in [-0.4, -0.2) is 26.2 Å². The summed E-state index contributed by atoms with van der Waals surface area (Å²) in [5.74, 6) is -1.60. The summed E-state index contributed by atoms with van der Waals surface area (Å²) in [6, 6.07) is 3.25. The molecule has 0 atom stereocenters. The van der Waals surface area contributed by atoms with Crippen LogP contribution in [0.15, 0.2) is 24.5 Å². The van der Waals surface area contributed by atoms with E-state index in [1.54, 1.807) is 0 Å². The number of nitrogens with one attached hydrogen (secondary N) is 2. The fourth-order valence-electron chi connectivity index (χ4n) is 1.13. The van der Waals surface area contributed by atoms with E-state index in [0.29, 0.717) is 0 Å². The van der Waals surface area contributed by atoms with Crippen molar-refractivity contribution in [1.82, 2.24) is 15.2 Å². The van der Waals surface area contributed by atoms with Crippen LogP contribution in [0.25, 0.3) is 0 Å². The Morgan fingerprint density at radius 2 is 2.31 bits per heavy atom. The van der Waals surface area contributed by atoms with Crippen molar-refractivity contribution in [1.29, 1.82) is 0 Å². The number of rotatable bonds is 2. The Balaban J connectivity index is 2.21. The van der Waals surface area contributed by atoms with Crippen LogP contribution in [0.1, 0.15) is 10.4 Å². The number of phenols is 1. The lowest BCUT2D eigenvalue weighted by Crippen LogP contribution is -2.14. The molecule has 0 bridgehead atoms. The van der Waals surface area contributed by atoms with Crippen molar-refractivity contribution in [3.05, 3.63) is 35.9 Å². The predicted octanol–water partition coefficient (Wildman–Crippen LogP) is 0.902. The normalized spacial score (nSPS) is 10.1. The zero-order valence-corrected chi connectivity index (χ0v) is 7.94. The number of hydrogen-bond donors (Lipinski definition) is 3. The average Bonchev–Trinajstić information content (AvgIpc) is 2.70. The van der Waals surface area contributed by atoms with Crippen molar-refractivity contribution in [2.75, 3.05) is 5.32 Å². The van der Waals surface area contributed by atoms with E-state index in [4.69, 9.17) is 5.11 Å². The topological polar surface area (TPSA) is 90.9 Å². The lowest BCUT2D eigenvalue weighted by molar-refractivity contribution is 0.102. The van der Waals surface area contributed by atoms with E-state index >= 15 is 0 Å². The third-order valence-corrected chi connectivity index (χ3v) is 1.84.